The number of aliphatic hydroxyl groups is 1. The number of hydrogen-bond acceptors (Lipinski definition) is 4. The van der Waals surface area contributed by atoms with Crippen LogP contribution in [0.1, 0.15) is 39.7 Å². The Bertz CT molecular complexity index is 340. The molecule has 3 nitrogen and oxygen atoms in total. The molecular weight excluding hydrogens is 270 g/mol. The standard InChI is InChI=1S/C16H29NO2S/c1-5-14(4)17(8-15-6-7-20-12-15)9-16(18)11-19-10-13(2)3/h6-7,12-14,16,18H,5,8-11H2,1-4H3/t14-,16-/m1/s1. The molecule has 1 aromatic heterocycles. The van der Waals surface area contributed by atoms with E-state index in [9.17, 15) is 5.11 Å². The molecule has 1 N–H and O–H groups in total. The highest BCUT2D eigenvalue weighted by atomic mass is 32.1. The lowest BCUT2D eigenvalue weighted by atomic mass is 10.1. The van der Waals surface area contributed by atoms with E-state index in [0.717, 1.165) is 13.0 Å². The van der Waals surface area contributed by atoms with E-state index < -0.39 is 6.10 Å². The van der Waals surface area contributed by atoms with Crippen LogP contribution >= 0.6 is 11.3 Å². The van der Waals surface area contributed by atoms with Crippen molar-refractivity contribution in [3.63, 3.8) is 0 Å². The maximum atomic E-state index is 10.1. The predicted molar refractivity (Wildman–Crippen MR) is 86.1 cm³/mol. The number of rotatable bonds is 10. The molecule has 2 atom stereocenters. The first-order valence-electron chi connectivity index (χ1n) is 7.53. The third kappa shape index (κ3) is 6.84. The van der Waals surface area contributed by atoms with Gasteiger partial charge in [0.2, 0.25) is 0 Å². The number of ether oxygens (including phenoxy) is 1. The van der Waals surface area contributed by atoms with Gasteiger partial charge < -0.3 is 9.84 Å². The Balaban J connectivity index is 2.43. The van der Waals surface area contributed by atoms with Crippen LogP contribution in [0.3, 0.4) is 0 Å². The monoisotopic (exact) mass is 299 g/mol. The van der Waals surface area contributed by atoms with E-state index in [2.05, 4.69) is 49.4 Å². The number of nitrogens with zero attached hydrogens (tertiary/aromatic N) is 1. The van der Waals surface area contributed by atoms with Gasteiger partial charge in [-0.05, 0) is 41.7 Å². The van der Waals surface area contributed by atoms with Crippen molar-refractivity contribution in [1.29, 1.82) is 0 Å². The van der Waals surface area contributed by atoms with Gasteiger partial charge in [0.25, 0.3) is 0 Å². The molecule has 0 aliphatic rings. The second-order valence-corrected chi connectivity index (χ2v) is 6.68. The lowest BCUT2D eigenvalue weighted by Gasteiger charge is -2.30. The van der Waals surface area contributed by atoms with Crippen molar-refractivity contribution < 1.29 is 9.84 Å². The van der Waals surface area contributed by atoms with E-state index in [4.69, 9.17) is 4.74 Å². The van der Waals surface area contributed by atoms with Crippen molar-refractivity contribution in [1.82, 2.24) is 4.90 Å². The average molecular weight is 299 g/mol. The van der Waals surface area contributed by atoms with Crippen molar-refractivity contribution >= 4 is 11.3 Å². The second kappa shape index (κ2) is 9.50. The highest BCUT2D eigenvalue weighted by molar-refractivity contribution is 7.07. The molecule has 1 aromatic rings. The first-order valence-corrected chi connectivity index (χ1v) is 8.48. The van der Waals surface area contributed by atoms with Crippen molar-refractivity contribution in [3.8, 4) is 0 Å². The van der Waals surface area contributed by atoms with Crippen LogP contribution in [0.2, 0.25) is 0 Å². The van der Waals surface area contributed by atoms with E-state index in [1.165, 1.54) is 5.56 Å². The molecule has 0 spiro atoms. The minimum absolute atomic E-state index is 0.415. The molecule has 116 valence electrons. The van der Waals surface area contributed by atoms with Crippen LogP contribution in [0, 0.1) is 5.92 Å². The van der Waals surface area contributed by atoms with E-state index in [1.807, 2.05) is 0 Å². The van der Waals surface area contributed by atoms with Gasteiger partial charge in [0.1, 0.15) is 0 Å². The summed E-state index contributed by atoms with van der Waals surface area (Å²) in [6, 6.07) is 2.62. The van der Waals surface area contributed by atoms with Gasteiger partial charge in [-0.1, -0.05) is 20.8 Å². The molecular formula is C16H29NO2S. The molecule has 0 amide bonds. The average Bonchev–Trinajstić information content (AvgIpc) is 2.89. The minimum Gasteiger partial charge on any atom is -0.389 e. The third-order valence-electron chi connectivity index (χ3n) is 3.39. The fourth-order valence-corrected chi connectivity index (χ4v) is 2.70. The minimum atomic E-state index is -0.415. The predicted octanol–water partition coefficient (Wildman–Crippen LogP) is 3.38. The van der Waals surface area contributed by atoms with Crippen LogP contribution in [0.5, 0.6) is 0 Å². The van der Waals surface area contributed by atoms with Crippen molar-refractivity contribution in [2.75, 3.05) is 19.8 Å². The largest absolute Gasteiger partial charge is 0.389 e. The van der Waals surface area contributed by atoms with Crippen molar-refractivity contribution in [3.05, 3.63) is 22.4 Å². The molecule has 0 fully saturated rings. The number of hydrogen-bond donors (Lipinski definition) is 1. The first-order chi connectivity index (χ1) is 9.52. The molecule has 20 heavy (non-hydrogen) atoms. The zero-order valence-corrected chi connectivity index (χ0v) is 14.0. The number of thiophene rings is 1. The molecule has 1 heterocycles. The summed E-state index contributed by atoms with van der Waals surface area (Å²) >= 11 is 1.72. The molecule has 0 radical (unpaired) electrons. The van der Waals surface area contributed by atoms with Crippen LogP contribution in [0.25, 0.3) is 0 Å². The van der Waals surface area contributed by atoms with Crippen LogP contribution in [-0.2, 0) is 11.3 Å². The normalized spacial score (nSPS) is 14.9. The van der Waals surface area contributed by atoms with Gasteiger partial charge in [-0.25, -0.2) is 0 Å². The van der Waals surface area contributed by atoms with E-state index in [1.54, 1.807) is 11.3 Å². The van der Waals surface area contributed by atoms with Gasteiger partial charge in [-0.3, -0.25) is 4.90 Å². The van der Waals surface area contributed by atoms with Gasteiger partial charge in [0.15, 0.2) is 0 Å². The molecule has 0 aromatic carbocycles. The Morgan fingerprint density at radius 1 is 1.30 bits per heavy atom. The molecule has 0 aliphatic carbocycles. The summed E-state index contributed by atoms with van der Waals surface area (Å²) in [7, 11) is 0. The summed E-state index contributed by atoms with van der Waals surface area (Å²) in [6.07, 6.45) is 0.672. The van der Waals surface area contributed by atoms with E-state index >= 15 is 0 Å². The lowest BCUT2D eigenvalue weighted by Crippen LogP contribution is -2.40. The molecule has 0 saturated carbocycles. The molecule has 0 bridgehead atoms. The van der Waals surface area contributed by atoms with Crippen LogP contribution in [0.15, 0.2) is 16.8 Å². The second-order valence-electron chi connectivity index (χ2n) is 5.90. The van der Waals surface area contributed by atoms with Crippen molar-refractivity contribution in [2.24, 2.45) is 5.92 Å². The summed E-state index contributed by atoms with van der Waals surface area (Å²) in [5.41, 5.74) is 1.32. The summed E-state index contributed by atoms with van der Waals surface area (Å²) in [5.74, 6) is 0.513. The first kappa shape index (κ1) is 17.6. The van der Waals surface area contributed by atoms with Gasteiger partial charge in [-0.2, -0.15) is 11.3 Å². The Labute approximate surface area is 127 Å². The van der Waals surface area contributed by atoms with Gasteiger partial charge in [0, 0.05) is 25.7 Å². The molecule has 1 rings (SSSR count). The van der Waals surface area contributed by atoms with Crippen molar-refractivity contribution in [2.45, 2.75) is 52.8 Å². The topological polar surface area (TPSA) is 32.7 Å². The SMILES string of the molecule is CC[C@@H](C)N(Cc1ccsc1)C[C@@H](O)COCC(C)C. The summed E-state index contributed by atoms with van der Waals surface area (Å²) < 4.78 is 5.53. The molecule has 0 saturated heterocycles. The van der Waals surface area contributed by atoms with Gasteiger partial charge in [0.05, 0.1) is 12.7 Å². The van der Waals surface area contributed by atoms with E-state index in [0.29, 0.717) is 31.7 Å². The van der Waals surface area contributed by atoms with E-state index in [-0.39, 0.29) is 0 Å². The molecule has 0 aliphatic heterocycles. The maximum Gasteiger partial charge on any atom is 0.0900 e. The Morgan fingerprint density at radius 3 is 2.60 bits per heavy atom. The highest BCUT2D eigenvalue weighted by Gasteiger charge is 2.17. The highest BCUT2D eigenvalue weighted by Crippen LogP contribution is 2.14. The van der Waals surface area contributed by atoms with Gasteiger partial charge in [-0.15, -0.1) is 0 Å². The van der Waals surface area contributed by atoms with Crippen LogP contribution in [-0.4, -0.2) is 41.9 Å². The smallest absolute Gasteiger partial charge is 0.0900 e. The maximum absolute atomic E-state index is 10.1. The molecule has 0 unspecified atom stereocenters. The summed E-state index contributed by atoms with van der Waals surface area (Å²) in [6.45, 7) is 11.4. The van der Waals surface area contributed by atoms with Gasteiger partial charge >= 0.3 is 0 Å². The summed E-state index contributed by atoms with van der Waals surface area (Å²) in [4.78, 5) is 2.34. The van der Waals surface area contributed by atoms with Crippen LogP contribution in [0.4, 0.5) is 0 Å². The fraction of sp³-hybridized carbons (Fsp3) is 0.750. The zero-order chi connectivity index (χ0) is 15.0. The lowest BCUT2D eigenvalue weighted by molar-refractivity contribution is 0.000145. The Hall–Kier alpha value is -0.420. The third-order valence-corrected chi connectivity index (χ3v) is 4.12. The summed E-state index contributed by atoms with van der Waals surface area (Å²) in [5, 5.41) is 14.4. The molecule has 4 heteroatoms. The Kier molecular flexibility index (Phi) is 8.38. The fourth-order valence-electron chi connectivity index (χ4n) is 2.04. The zero-order valence-electron chi connectivity index (χ0n) is 13.2. The Morgan fingerprint density at radius 2 is 2.05 bits per heavy atom. The number of aliphatic hydroxyl groups excluding tert-OH is 1. The van der Waals surface area contributed by atoms with Crippen LogP contribution < -0.4 is 0 Å². The quantitative estimate of drug-likeness (QED) is 0.719.